The van der Waals surface area contributed by atoms with Crippen molar-refractivity contribution in [3.8, 4) is 0 Å². The Kier molecular flexibility index (Phi) is 5.12. The van der Waals surface area contributed by atoms with Crippen LogP contribution in [0.2, 0.25) is 0 Å². The van der Waals surface area contributed by atoms with Crippen LogP contribution in [0.25, 0.3) is 0 Å². The molecule has 1 atom stereocenters. The molecule has 1 aromatic rings. The number of carbonyl (C=O) groups excluding carboxylic acids is 1. The molecule has 0 heterocycles. The lowest BCUT2D eigenvalue weighted by molar-refractivity contribution is -0.117. The zero-order chi connectivity index (χ0) is 14.6. The van der Waals surface area contributed by atoms with E-state index in [-0.39, 0.29) is 17.4 Å². The number of hydrogen-bond donors (Lipinski definition) is 2. The Morgan fingerprint density at radius 2 is 1.84 bits per heavy atom. The molecule has 3 heteroatoms. The third-order valence-electron chi connectivity index (χ3n) is 3.37. The van der Waals surface area contributed by atoms with E-state index in [2.05, 4.69) is 19.2 Å². The molecule has 1 amide bonds. The Labute approximate surface area is 116 Å². The molecule has 0 aliphatic carbocycles. The molecule has 19 heavy (non-hydrogen) atoms. The maximum atomic E-state index is 12.1. The second-order valence-electron chi connectivity index (χ2n) is 6.47. The lowest BCUT2D eigenvalue weighted by atomic mass is 9.85. The Hall–Kier alpha value is -1.35. The highest BCUT2D eigenvalue weighted by atomic mass is 16.1. The van der Waals surface area contributed by atoms with Gasteiger partial charge in [0.25, 0.3) is 0 Å². The van der Waals surface area contributed by atoms with Crippen LogP contribution < -0.4 is 11.1 Å². The fourth-order valence-corrected chi connectivity index (χ4v) is 1.82. The second kappa shape index (κ2) is 6.20. The van der Waals surface area contributed by atoms with Gasteiger partial charge < -0.3 is 11.1 Å². The summed E-state index contributed by atoms with van der Waals surface area (Å²) in [4.78, 5) is 12.1. The molecule has 3 nitrogen and oxygen atoms in total. The van der Waals surface area contributed by atoms with Gasteiger partial charge in [-0.25, -0.2) is 0 Å². The van der Waals surface area contributed by atoms with E-state index in [9.17, 15) is 4.79 Å². The Balaban J connectivity index is 2.73. The molecule has 1 aromatic carbocycles. The predicted molar refractivity (Wildman–Crippen MR) is 81.2 cm³/mol. The molecule has 0 bridgehead atoms. The van der Waals surface area contributed by atoms with Gasteiger partial charge in [0.05, 0.1) is 0 Å². The van der Waals surface area contributed by atoms with Gasteiger partial charge in [0.1, 0.15) is 0 Å². The predicted octanol–water partition coefficient (Wildman–Crippen LogP) is 3.51. The van der Waals surface area contributed by atoms with E-state index in [0.717, 1.165) is 11.3 Å². The summed E-state index contributed by atoms with van der Waals surface area (Å²) in [6.07, 6.45) is 0.343. The molecule has 0 aromatic heterocycles. The molecule has 106 valence electrons. The van der Waals surface area contributed by atoms with E-state index in [1.54, 1.807) is 0 Å². The first kappa shape index (κ1) is 15.7. The van der Waals surface area contributed by atoms with E-state index in [4.69, 9.17) is 5.73 Å². The normalized spacial score (nSPS) is 13.4. The van der Waals surface area contributed by atoms with E-state index < -0.39 is 0 Å². The number of para-hydroxylation sites is 1. The highest BCUT2D eigenvalue weighted by molar-refractivity contribution is 5.92. The van der Waals surface area contributed by atoms with Crippen molar-refractivity contribution in [3.63, 3.8) is 0 Å². The first-order valence-corrected chi connectivity index (χ1v) is 6.86. The second-order valence-corrected chi connectivity index (χ2v) is 6.47. The quantitative estimate of drug-likeness (QED) is 0.872. The monoisotopic (exact) mass is 262 g/mol. The Morgan fingerprint density at radius 1 is 1.26 bits per heavy atom. The summed E-state index contributed by atoms with van der Waals surface area (Å²) in [5, 5.41) is 2.98. The van der Waals surface area contributed by atoms with Gasteiger partial charge in [-0.15, -0.1) is 0 Å². The first-order valence-electron chi connectivity index (χ1n) is 6.86. The van der Waals surface area contributed by atoms with Crippen molar-refractivity contribution in [2.75, 3.05) is 5.32 Å². The fourth-order valence-electron chi connectivity index (χ4n) is 1.82. The van der Waals surface area contributed by atoms with Crippen molar-refractivity contribution in [3.05, 3.63) is 29.8 Å². The molecule has 0 aliphatic rings. The highest BCUT2D eigenvalue weighted by Crippen LogP contribution is 2.25. The molecular weight excluding hydrogens is 236 g/mol. The first-order chi connectivity index (χ1) is 8.71. The van der Waals surface area contributed by atoms with Crippen molar-refractivity contribution in [2.45, 2.75) is 53.0 Å². The maximum absolute atomic E-state index is 12.1. The van der Waals surface area contributed by atoms with Crippen molar-refractivity contribution < 1.29 is 4.79 Å². The van der Waals surface area contributed by atoms with Crippen LogP contribution in [0.15, 0.2) is 24.3 Å². The van der Waals surface area contributed by atoms with Crippen LogP contribution >= 0.6 is 0 Å². The van der Waals surface area contributed by atoms with Gasteiger partial charge >= 0.3 is 0 Å². The largest absolute Gasteiger partial charge is 0.327 e. The summed E-state index contributed by atoms with van der Waals surface area (Å²) in [7, 11) is 0. The van der Waals surface area contributed by atoms with Gasteiger partial charge in [-0.1, -0.05) is 52.8 Å². The van der Waals surface area contributed by atoms with Gasteiger partial charge in [0.2, 0.25) is 5.91 Å². The topological polar surface area (TPSA) is 55.1 Å². The minimum Gasteiger partial charge on any atom is -0.327 e. The number of amides is 1. The number of carbonyl (C=O) groups is 1. The van der Waals surface area contributed by atoms with Crippen molar-refractivity contribution in [1.29, 1.82) is 0 Å². The lowest BCUT2D eigenvalue weighted by Crippen LogP contribution is -2.38. The summed E-state index contributed by atoms with van der Waals surface area (Å²) >= 11 is 0. The van der Waals surface area contributed by atoms with Gasteiger partial charge in [-0.3, -0.25) is 4.79 Å². The standard InChI is InChI=1S/C16H26N2O/c1-11(2)12-8-6-7-9-13(12)18-15(19)10-14(17)16(3,4)5/h6-9,11,14H,10,17H2,1-5H3,(H,18,19). The fraction of sp³-hybridized carbons (Fsp3) is 0.562. The van der Waals surface area contributed by atoms with E-state index in [0.29, 0.717) is 12.3 Å². The zero-order valence-corrected chi connectivity index (χ0v) is 12.7. The van der Waals surface area contributed by atoms with Crippen LogP contribution in [0.1, 0.15) is 52.5 Å². The van der Waals surface area contributed by atoms with Crippen LogP contribution in [0.3, 0.4) is 0 Å². The number of nitrogens with one attached hydrogen (secondary N) is 1. The average molecular weight is 262 g/mol. The van der Waals surface area contributed by atoms with Crippen LogP contribution in [-0.4, -0.2) is 11.9 Å². The smallest absolute Gasteiger partial charge is 0.225 e. The molecule has 3 N–H and O–H groups in total. The van der Waals surface area contributed by atoms with Gasteiger partial charge in [0.15, 0.2) is 0 Å². The Morgan fingerprint density at radius 3 is 2.37 bits per heavy atom. The number of benzene rings is 1. The highest BCUT2D eigenvalue weighted by Gasteiger charge is 2.23. The van der Waals surface area contributed by atoms with Crippen molar-refractivity contribution in [1.82, 2.24) is 0 Å². The number of rotatable bonds is 4. The lowest BCUT2D eigenvalue weighted by Gasteiger charge is -2.26. The van der Waals surface area contributed by atoms with Crippen LogP contribution in [0.4, 0.5) is 5.69 Å². The molecule has 0 saturated carbocycles. The Bertz CT molecular complexity index is 433. The minimum absolute atomic E-state index is 0.0180. The molecular formula is C16H26N2O. The average Bonchev–Trinajstić information content (AvgIpc) is 2.27. The third-order valence-corrected chi connectivity index (χ3v) is 3.37. The van der Waals surface area contributed by atoms with E-state index in [1.807, 2.05) is 45.0 Å². The molecule has 0 saturated heterocycles. The van der Waals surface area contributed by atoms with Gasteiger partial charge in [0, 0.05) is 18.2 Å². The maximum Gasteiger partial charge on any atom is 0.225 e. The number of nitrogens with two attached hydrogens (primary N) is 1. The van der Waals surface area contributed by atoms with Crippen LogP contribution in [-0.2, 0) is 4.79 Å². The zero-order valence-electron chi connectivity index (χ0n) is 12.7. The molecule has 0 spiro atoms. The molecule has 1 unspecified atom stereocenters. The SMILES string of the molecule is CC(C)c1ccccc1NC(=O)CC(N)C(C)(C)C. The molecule has 1 rings (SSSR count). The number of hydrogen-bond acceptors (Lipinski definition) is 2. The molecule has 0 fully saturated rings. The summed E-state index contributed by atoms with van der Waals surface area (Å²) in [5.41, 5.74) is 8.03. The number of anilines is 1. The molecule has 0 aliphatic heterocycles. The third kappa shape index (κ3) is 4.67. The summed E-state index contributed by atoms with van der Waals surface area (Å²) in [5.74, 6) is 0.364. The van der Waals surface area contributed by atoms with Crippen molar-refractivity contribution >= 4 is 11.6 Å². The summed E-state index contributed by atoms with van der Waals surface area (Å²) in [6.45, 7) is 10.4. The summed E-state index contributed by atoms with van der Waals surface area (Å²) in [6, 6.07) is 7.77. The van der Waals surface area contributed by atoms with E-state index >= 15 is 0 Å². The minimum atomic E-state index is -0.140. The van der Waals surface area contributed by atoms with Crippen LogP contribution in [0.5, 0.6) is 0 Å². The van der Waals surface area contributed by atoms with Gasteiger partial charge in [-0.05, 0) is 23.0 Å². The van der Waals surface area contributed by atoms with Gasteiger partial charge in [-0.2, -0.15) is 0 Å². The molecule has 0 radical (unpaired) electrons. The van der Waals surface area contributed by atoms with Crippen LogP contribution in [0, 0.1) is 5.41 Å². The van der Waals surface area contributed by atoms with Crippen molar-refractivity contribution in [2.24, 2.45) is 11.1 Å². The summed E-state index contributed by atoms with van der Waals surface area (Å²) < 4.78 is 0. The van der Waals surface area contributed by atoms with E-state index in [1.165, 1.54) is 0 Å².